The lowest BCUT2D eigenvalue weighted by Crippen LogP contribution is -2.30. The topological polar surface area (TPSA) is 82.0 Å². The van der Waals surface area contributed by atoms with Crippen LogP contribution in [0.1, 0.15) is 41.7 Å². The predicted octanol–water partition coefficient (Wildman–Crippen LogP) is 2.43. The van der Waals surface area contributed by atoms with Gasteiger partial charge in [0.2, 0.25) is 0 Å². The largest absolute Gasteiger partial charge is 0.508 e. The molecule has 1 heterocycles. The summed E-state index contributed by atoms with van der Waals surface area (Å²) in [6.07, 6.45) is 1.61. The Morgan fingerprint density at radius 3 is 2.68 bits per heavy atom. The van der Waals surface area contributed by atoms with Crippen molar-refractivity contribution in [3.63, 3.8) is 0 Å². The van der Waals surface area contributed by atoms with Crippen LogP contribution in [0.4, 0.5) is 0 Å². The molecule has 1 saturated heterocycles. The summed E-state index contributed by atoms with van der Waals surface area (Å²) >= 11 is 0. The molecule has 1 fully saturated rings. The van der Waals surface area contributed by atoms with Crippen molar-refractivity contribution in [2.45, 2.75) is 37.8 Å². The molecular weight excluding hydrogens is 318 g/mol. The second-order valence-corrected chi connectivity index (χ2v) is 6.46. The molecule has 3 unspecified atom stereocenters. The van der Waals surface area contributed by atoms with E-state index < -0.39 is 6.10 Å². The first kappa shape index (κ1) is 17.9. The Hall–Kier alpha value is -1.92. The molecule has 2 aromatic carbocycles. The second-order valence-electron chi connectivity index (χ2n) is 6.46. The summed E-state index contributed by atoms with van der Waals surface area (Å²) in [5.41, 5.74) is 2.30. The maximum absolute atomic E-state index is 10.3. The van der Waals surface area contributed by atoms with Crippen LogP contribution in [0, 0.1) is 0 Å². The molecule has 5 heteroatoms. The van der Waals surface area contributed by atoms with Gasteiger partial charge in [-0.25, -0.2) is 0 Å². The van der Waals surface area contributed by atoms with Crippen molar-refractivity contribution >= 4 is 0 Å². The van der Waals surface area contributed by atoms with Gasteiger partial charge in [-0.05, 0) is 36.1 Å². The highest BCUT2D eigenvalue weighted by Gasteiger charge is 2.26. The van der Waals surface area contributed by atoms with E-state index in [2.05, 4.69) is 17.4 Å². The van der Waals surface area contributed by atoms with Crippen molar-refractivity contribution in [3.05, 3.63) is 65.2 Å². The van der Waals surface area contributed by atoms with Crippen LogP contribution < -0.4 is 5.32 Å². The van der Waals surface area contributed by atoms with Crippen LogP contribution in [0.5, 0.6) is 5.75 Å². The number of hydrogen-bond acceptors (Lipinski definition) is 5. The SMILES string of the molecule is OCc1cc(C(O)CNCC2CCC(c3ccccc3)O2)ccc1O. The smallest absolute Gasteiger partial charge is 0.121 e. The van der Waals surface area contributed by atoms with Crippen LogP contribution in [-0.2, 0) is 11.3 Å². The molecule has 0 saturated carbocycles. The fourth-order valence-electron chi connectivity index (χ4n) is 3.21. The molecule has 4 N–H and O–H groups in total. The number of hydrogen-bond donors (Lipinski definition) is 4. The number of phenols is 1. The molecule has 25 heavy (non-hydrogen) atoms. The van der Waals surface area contributed by atoms with Gasteiger partial charge in [0.1, 0.15) is 5.75 Å². The van der Waals surface area contributed by atoms with Crippen LogP contribution in [0.25, 0.3) is 0 Å². The molecule has 0 spiro atoms. The van der Waals surface area contributed by atoms with Gasteiger partial charge in [-0.3, -0.25) is 0 Å². The molecule has 0 amide bonds. The minimum absolute atomic E-state index is 0.0396. The molecule has 0 bridgehead atoms. The van der Waals surface area contributed by atoms with Crippen LogP contribution in [0.2, 0.25) is 0 Å². The van der Waals surface area contributed by atoms with Gasteiger partial charge in [0.05, 0.1) is 24.9 Å². The third-order valence-electron chi connectivity index (χ3n) is 4.65. The molecule has 3 atom stereocenters. The normalized spacial score (nSPS) is 21.4. The Balaban J connectivity index is 1.45. The number of aliphatic hydroxyl groups excluding tert-OH is 2. The lowest BCUT2D eigenvalue weighted by atomic mass is 10.1. The molecule has 1 aliphatic rings. The van der Waals surface area contributed by atoms with Crippen LogP contribution >= 0.6 is 0 Å². The first-order valence-corrected chi connectivity index (χ1v) is 8.69. The lowest BCUT2D eigenvalue weighted by molar-refractivity contribution is 0.0428. The number of aromatic hydroxyl groups is 1. The van der Waals surface area contributed by atoms with Crippen LogP contribution in [0.3, 0.4) is 0 Å². The number of benzene rings is 2. The van der Waals surface area contributed by atoms with Gasteiger partial charge in [0.25, 0.3) is 0 Å². The zero-order chi connectivity index (χ0) is 17.6. The van der Waals surface area contributed by atoms with E-state index in [1.807, 2.05) is 18.2 Å². The van der Waals surface area contributed by atoms with Crippen molar-refractivity contribution < 1.29 is 20.1 Å². The fourth-order valence-corrected chi connectivity index (χ4v) is 3.21. The second kappa shape index (κ2) is 8.45. The van der Waals surface area contributed by atoms with E-state index in [-0.39, 0.29) is 24.6 Å². The average molecular weight is 343 g/mol. The molecule has 2 aromatic rings. The van der Waals surface area contributed by atoms with Crippen molar-refractivity contribution in [3.8, 4) is 5.75 Å². The summed E-state index contributed by atoms with van der Waals surface area (Å²) < 4.78 is 6.08. The van der Waals surface area contributed by atoms with E-state index in [0.29, 0.717) is 24.2 Å². The Morgan fingerprint density at radius 2 is 1.92 bits per heavy atom. The monoisotopic (exact) mass is 343 g/mol. The summed E-state index contributed by atoms with van der Waals surface area (Å²) in [6.45, 7) is 0.827. The first-order chi connectivity index (χ1) is 12.2. The quantitative estimate of drug-likeness (QED) is 0.621. The first-order valence-electron chi connectivity index (χ1n) is 8.69. The van der Waals surface area contributed by atoms with Gasteiger partial charge in [0, 0.05) is 18.7 Å². The summed E-state index contributed by atoms with van der Waals surface area (Å²) in [7, 11) is 0. The molecule has 0 radical (unpaired) electrons. The molecule has 0 aliphatic carbocycles. The molecular formula is C20H25NO4. The highest BCUT2D eigenvalue weighted by molar-refractivity contribution is 5.36. The van der Waals surface area contributed by atoms with E-state index >= 15 is 0 Å². The minimum Gasteiger partial charge on any atom is -0.508 e. The zero-order valence-electron chi connectivity index (χ0n) is 14.1. The molecule has 5 nitrogen and oxygen atoms in total. The van der Waals surface area contributed by atoms with Crippen LogP contribution in [-0.4, -0.2) is 34.5 Å². The van der Waals surface area contributed by atoms with Gasteiger partial charge in [-0.15, -0.1) is 0 Å². The summed E-state index contributed by atoms with van der Waals surface area (Å²) in [5, 5.41) is 32.3. The standard InChI is InChI=1S/C20H25NO4/c22-13-16-10-15(6-8-18(16)23)19(24)12-21-11-17-7-9-20(25-17)14-4-2-1-3-5-14/h1-6,8,10,17,19-24H,7,9,11-13H2. The third-order valence-corrected chi connectivity index (χ3v) is 4.65. The number of rotatable bonds is 7. The van der Waals surface area contributed by atoms with Gasteiger partial charge >= 0.3 is 0 Å². The average Bonchev–Trinajstić information content (AvgIpc) is 3.11. The number of nitrogens with one attached hydrogen (secondary N) is 1. The molecule has 134 valence electrons. The summed E-state index contributed by atoms with van der Waals surface area (Å²) in [4.78, 5) is 0. The maximum atomic E-state index is 10.3. The van der Waals surface area contributed by atoms with Crippen molar-refractivity contribution in [2.24, 2.45) is 0 Å². The molecule has 1 aliphatic heterocycles. The lowest BCUT2D eigenvalue weighted by Gasteiger charge is -2.17. The third kappa shape index (κ3) is 4.58. The van der Waals surface area contributed by atoms with E-state index in [9.17, 15) is 15.3 Å². The fraction of sp³-hybridized carbons (Fsp3) is 0.400. The number of aliphatic hydroxyl groups is 2. The van der Waals surface area contributed by atoms with Crippen molar-refractivity contribution in [1.82, 2.24) is 5.32 Å². The summed E-state index contributed by atoms with van der Waals surface area (Å²) in [5.74, 6) is 0.0396. The van der Waals surface area contributed by atoms with Crippen molar-refractivity contribution in [2.75, 3.05) is 13.1 Å². The Morgan fingerprint density at radius 1 is 1.12 bits per heavy atom. The molecule has 3 rings (SSSR count). The number of ether oxygens (including phenoxy) is 1. The van der Waals surface area contributed by atoms with Gasteiger partial charge in [0.15, 0.2) is 0 Å². The Labute approximate surface area is 147 Å². The van der Waals surface area contributed by atoms with Gasteiger partial charge in [-0.1, -0.05) is 36.4 Å². The Bertz CT molecular complexity index is 677. The van der Waals surface area contributed by atoms with Crippen molar-refractivity contribution in [1.29, 1.82) is 0 Å². The van der Waals surface area contributed by atoms with E-state index in [4.69, 9.17) is 4.74 Å². The van der Waals surface area contributed by atoms with E-state index in [0.717, 1.165) is 12.8 Å². The highest BCUT2D eigenvalue weighted by Crippen LogP contribution is 2.32. The van der Waals surface area contributed by atoms with Crippen LogP contribution in [0.15, 0.2) is 48.5 Å². The molecule has 0 aromatic heterocycles. The maximum Gasteiger partial charge on any atom is 0.121 e. The zero-order valence-corrected chi connectivity index (χ0v) is 14.1. The van der Waals surface area contributed by atoms with E-state index in [1.165, 1.54) is 11.6 Å². The minimum atomic E-state index is -0.697. The van der Waals surface area contributed by atoms with Gasteiger partial charge < -0.3 is 25.4 Å². The van der Waals surface area contributed by atoms with E-state index in [1.54, 1.807) is 12.1 Å². The predicted molar refractivity (Wildman–Crippen MR) is 95.1 cm³/mol. The highest BCUT2D eigenvalue weighted by atomic mass is 16.5. The Kier molecular flexibility index (Phi) is 6.04. The summed E-state index contributed by atoms with van der Waals surface area (Å²) in [6, 6.07) is 15.0. The van der Waals surface area contributed by atoms with Gasteiger partial charge in [-0.2, -0.15) is 0 Å².